The number of pyridine rings is 1. The van der Waals surface area contributed by atoms with E-state index in [-0.39, 0.29) is 17.4 Å². The van der Waals surface area contributed by atoms with Crippen LogP contribution in [0.2, 0.25) is 5.02 Å². The number of benzene rings is 1. The second-order valence-electron chi connectivity index (χ2n) is 10.3. The summed E-state index contributed by atoms with van der Waals surface area (Å²) in [5, 5.41) is 7.41. The largest absolute Gasteiger partial charge is 0.488 e. The maximum atomic E-state index is 13.3. The molecule has 1 aromatic carbocycles. The molecule has 1 saturated heterocycles. The normalized spacial score (nSPS) is 20.4. The van der Waals surface area contributed by atoms with Crippen molar-refractivity contribution in [3.63, 3.8) is 0 Å². The fraction of sp³-hybridized carbons (Fsp3) is 0.429. The van der Waals surface area contributed by atoms with Crippen LogP contribution < -0.4 is 15.4 Å². The van der Waals surface area contributed by atoms with E-state index in [1.54, 1.807) is 12.4 Å². The maximum Gasteiger partial charge on any atom is 0.255 e. The number of aromatic nitrogens is 2. The molecule has 0 radical (unpaired) electrons. The van der Waals surface area contributed by atoms with Crippen LogP contribution in [0.1, 0.15) is 41.4 Å². The summed E-state index contributed by atoms with van der Waals surface area (Å²) in [6, 6.07) is 7.75. The Balaban J connectivity index is 1.43. The third-order valence-electron chi connectivity index (χ3n) is 7.75. The molecule has 3 aromatic rings. The van der Waals surface area contributed by atoms with Gasteiger partial charge >= 0.3 is 0 Å². The van der Waals surface area contributed by atoms with Gasteiger partial charge in [0.1, 0.15) is 18.5 Å². The first-order valence-corrected chi connectivity index (χ1v) is 13.3. The Hall–Kier alpha value is -3.07. The van der Waals surface area contributed by atoms with Gasteiger partial charge in [0.25, 0.3) is 5.91 Å². The molecule has 0 bridgehead atoms. The zero-order chi connectivity index (χ0) is 25.6. The minimum absolute atomic E-state index is 0.0136. The summed E-state index contributed by atoms with van der Waals surface area (Å²) in [4.78, 5) is 23.5. The van der Waals surface area contributed by atoms with Gasteiger partial charge in [-0.15, -0.1) is 0 Å². The van der Waals surface area contributed by atoms with Crippen LogP contribution in [0.3, 0.4) is 0 Å². The standard InChI is InChI=1S/C28H32ClN5O3/c1-3-18-20(29)5-4-6-21(18)32-25-23-26(28(8-9-28)16-31-27(23)35)33-24(25)19-7-10-30-13-22(19)37-15-17-14-34(2)11-12-36-17/h4-7,10,13,17,32-33H,3,8-9,11-12,14-16H2,1-2H3,(H,31,35)/t17-/m1/s1. The molecule has 3 N–H and O–H groups in total. The van der Waals surface area contributed by atoms with Crippen LogP contribution in [0, 0.1) is 0 Å². The zero-order valence-corrected chi connectivity index (χ0v) is 22.0. The molecule has 1 spiro atoms. The van der Waals surface area contributed by atoms with E-state index < -0.39 is 0 Å². The first kappa shape index (κ1) is 24.3. The number of aromatic amines is 1. The van der Waals surface area contributed by atoms with Crippen molar-refractivity contribution in [1.29, 1.82) is 0 Å². The quantitative estimate of drug-likeness (QED) is 0.423. The van der Waals surface area contributed by atoms with Crippen LogP contribution in [-0.2, 0) is 16.6 Å². The molecule has 2 aliphatic heterocycles. The van der Waals surface area contributed by atoms with E-state index in [1.165, 1.54) is 0 Å². The molecule has 2 aromatic heterocycles. The van der Waals surface area contributed by atoms with E-state index >= 15 is 0 Å². The molecule has 4 heterocycles. The number of H-pyrrole nitrogens is 1. The molecule has 1 atom stereocenters. The Morgan fingerprint density at radius 1 is 1.32 bits per heavy atom. The molecule has 9 heteroatoms. The second-order valence-corrected chi connectivity index (χ2v) is 10.7. The van der Waals surface area contributed by atoms with Crippen molar-refractivity contribution in [3.05, 3.63) is 58.5 Å². The third-order valence-corrected chi connectivity index (χ3v) is 8.10. The second kappa shape index (κ2) is 9.67. The fourth-order valence-corrected chi connectivity index (χ4v) is 5.79. The van der Waals surface area contributed by atoms with Gasteiger partial charge in [0.15, 0.2) is 0 Å². The van der Waals surface area contributed by atoms with Crippen LogP contribution in [0.4, 0.5) is 11.4 Å². The number of halogens is 1. The van der Waals surface area contributed by atoms with E-state index in [4.69, 9.17) is 21.1 Å². The molecule has 2 fully saturated rings. The fourth-order valence-electron chi connectivity index (χ4n) is 5.48. The number of likely N-dealkylation sites (N-methyl/N-ethyl adjacent to an activating group) is 1. The van der Waals surface area contributed by atoms with Crippen LogP contribution in [0.15, 0.2) is 36.7 Å². The lowest BCUT2D eigenvalue weighted by Crippen LogP contribution is -2.42. The Morgan fingerprint density at radius 3 is 2.97 bits per heavy atom. The summed E-state index contributed by atoms with van der Waals surface area (Å²) in [7, 11) is 2.09. The number of nitrogens with one attached hydrogen (secondary N) is 3. The highest BCUT2D eigenvalue weighted by Gasteiger charge is 2.51. The molecule has 194 valence electrons. The van der Waals surface area contributed by atoms with Crippen LogP contribution in [-0.4, -0.2) is 66.8 Å². The maximum absolute atomic E-state index is 13.3. The SMILES string of the molecule is CCc1c(Cl)cccc1Nc1c(-c2ccncc2OC[C@H]2CN(C)CCO2)[nH]c2c1C(=O)NCC21CC1. The van der Waals surface area contributed by atoms with Crippen molar-refractivity contribution >= 4 is 28.9 Å². The number of anilines is 2. The first-order valence-electron chi connectivity index (χ1n) is 13.0. The number of ether oxygens (including phenoxy) is 2. The predicted molar refractivity (Wildman–Crippen MR) is 144 cm³/mol. The molecular formula is C28H32ClN5O3. The van der Waals surface area contributed by atoms with Gasteiger partial charge in [-0.3, -0.25) is 9.78 Å². The zero-order valence-electron chi connectivity index (χ0n) is 21.2. The lowest BCUT2D eigenvalue weighted by atomic mass is 9.93. The summed E-state index contributed by atoms with van der Waals surface area (Å²) in [5.74, 6) is 0.570. The van der Waals surface area contributed by atoms with Gasteiger partial charge in [0.2, 0.25) is 0 Å². The van der Waals surface area contributed by atoms with Crippen molar-refractivity contribution in [3.8, 4) is 17.0 Å². The van der Waals surface area contributed by atoms with E-state index in [9.17, 15) is 4.79 Å². The molecular weight excluding hydrogens is 490 g/mol. The number of fused-ring (bicyclic) bond motifs is 2. The summed E-state index contributed by atoms with van der Waals surface area (Å²) in [6.45, 7) is 5.58. The molecule has 6 rings (SSSR count). The Morgan fingerprint density at radius 2 is 2.19 bits per heavy atom. The van der Waals surface area contributed by atoms with Gasteiger partial charge < -0.3 is 30.0 Å². The van der Waals surface area contributed by atoms with Crippen molar-refractivity contribution in [2.24, 2.45) is 0 Å². The van der Waals surface area contributed by atoms with Gasteiger partial charge in [-0.2, -0.15) is 0 Å². The van der Waals surface area contributed by atoms with Gasteiger partial charge in [0.05, 0.1) is 29.7 Å². The number of carbonyl (C=O) groups is 1. The summed E-state index contributed by atoms with van der Waals surface area (Å²) in [5.41, 5.74) is 5.92. The summed E-state index contributed by atoms with van der Waals surface area (Å²) in [6.07, 6.45) is 6.32. The number of carbonyl (C=O) groups excluding carboxylic acids is 1. The highest BCUT2D eigenvalue weighted by Crippen LogP contribution is 2.54. The van der Waals surface area contributed by atoms with Gasteiger partial charge in [-0.1, -0.05) is 24.6 Å². The monoisotopic (exact) mass is 521 g/mol. The summed E-state index contributed by atoms with van der Waals surface area (Å²) < 4.78 is 12.2. The highest BCUT2D eigenvalue weighted by atomic mass is 35.5. The van der Waals surface area contributed by atoms with Gasteiger partial charge in [-0.05, 0) is 50.1 Å². The van der Waals surface area contributed by atoms with Crippen LogP contribution in [0.5, 0.6) is 5.75 Å². The lowest BCUT2D eigenvalue weighted by Gasteiger charge is -2.30. The molecule has 37 heavy (non-hydrogen) atoms. The molecule has 1 amide bonds. The molecule has 1 aliphatic carbocycles. The van der Waals surface area contributed by atoms with E-state index in [1.807, 2.05) is 24.3 Å². The topological polar surface area (TPSA) is 91.5 Å². The van der Waals surface area contributed by atoms with Gasteiger partial charge in [-0.25, -0.2) is 0 Å². The van der Waals surface area contributed by atoms with Crippen LogP contribution >= 0.6 is 11.6 Å². The minimum Gasteiger partial charge on any atom is -0.488 e. The number of morpholine rings is 1. The molecule has 8 nitrogen and oxygen atoms in total. The molecule has 1 saturated carbocycles. The smallest absolute Gasteiger partial charge is 0.255 e. The highest BCUT2D eigenvalue weighted by molar-refractivity contribution is 6.31. The van der Waals surface area contributed by atoms with Gasteiger partial charge in [0, 0.05) is 53.2 Å². The number of hydrogen-bond acceptors (Lipinski definition) is 6. The number of hydrogen-bond donors (Lipinski definition) is 3. The summed E-state index contributed by atoms with van der Waals surface area (Å²) >= 11 is 6.53. The van der Waals surface area contributed by atoms with Crippen molar-refractivity contribution in [1.82, 2.24) is 20.2 Å². The average Bonchev–Trinajstić information content (AvgIpc) is 3.58. The average molecular weight is 522 g/mol. The van der Waals surface area contributed by atoms with Crippen LogP contribution in [0.25, 0.3) is 11.3 Å². The lowest BCUT2D eigenvalue weighted by molar-refractivity contribution is -0.0403. The van der Waals surface area contributed by atoms with Crippen molar-refractivity contribution < 1.29 is 14.3 Å². The Kier molecular flexibility index (Phi) is 6.34. The Bertz CT molecular complexity index is 1340. The first-order chi connectivity index (χ1) is 18.0. The molecule has 3 aliphatic rings. The Labute approximate surface area is 221 Å². The van der Waals surface area contributed by atoms with Crippen molar-refractivity contribution in [2.45, 2.75) is 37.7 Å². The predicted octanol–water partition coefficient (Wildman–Crippen LogP) is 4.52. The van der Waals surface area contributed by atoms with E-state index in [0.717, 1.165) is 66.2 Å². The molecule has 0 unspecified atom stereocenters. The number of amides is 1. The number of rotatable bonds is 7. The minimum atomic E-state index is -0.0761. The van der Waals surface area contributed by atoms with Crippen molar-refractivity contribution in [2.75, 3.05) is 45.2 Å². The number of nitrogens with zero attached hydrogens (tertiary/aromatic N) is 2. The third kappa shape index (κ3) is 4.47. The van der Waals surface area contributed by atoms with E-state index in [0.29, 0.717) is 36.1 Å². The van der Waals surface area contributed by atoms with E-state index in [2.05, 4.69) is 39.5 Å².